The molecule has 0 saturated heterocycles. The zero-order valence-electron chi connectivity index (χ0n) is 13.6. The van der Waals surface area contributed by atoms with E-state index in [2.05, 4.69) is 10.6 Å². The minimum absolute atomic E-state index is 0.196. The van der Waals surface area contributed by atoms with Crippen LogP contribution in [0, 0.1) is 5.92 Å². The van der Waals surface area contributed by atoms with E-state index >= 15 is 0 Å². The highest BCUT2D eigenvalue weighted by atomic mass is 16.5. The smallest absolute Gasteiger partial charge is 0.325 e. The molecule has 2 atom stereocenters. The average Bonchev–Trinajstić information content (AvgIpc) is 2.51. The van der Waals surface area contributed by atoms with Crippen LogP contribution in [0.15, 0.2) is 24.3 Å². The van der Waals surface area contributed by atoms with Crippen molar-refractivity contribution < 1.29 is 24.2 Å². The number of ether oxygens (including phenoxy) is 1. The molecule has 2 amide bonds. The van der Waals surface area contributed by atoms with Crippen LogP contribution >= 0.6 is 0 Å². The lowest BCUT2D eigenvalue weighted by Gasteiger charge is -2.23. The molecule has 23 heavy (non-hydrogen) atoms. The van der Waals surface area contributed by atoms with E-state index in [1.165, 1.54) is 14.0 Å². The molecule has 0 aliphatic rings. The molecule has 0 bridgehead atoms. The molecule has 0 aliphatic heterocycles. The number of carboxylic acid groups (broad SMARTS) is 1. The molecular weight excluding hydrogens is 300 g/mol. The molecule has 0 aliphatic carbocycles. The first kappa shape index (κ1) is 18.5. The third-order valence-electron chi connectivity index (χ3n) is 3.32. The molecule has 1 aromatic rings. The highest BCUT2D eigenvalue weighted by molar-refractivity contribution is 5.98. The summed E-state index contributed by atoms with van der Waals surface area (Å²) in [5, 5.41) is 13.8. The minimum Gasteiger partial charge on any atom is -0.497 e. The van der Waals surface area contributed by atoms with E-state index in [9.17, 15) is 14.4 Å². The predicted molar refractivity (Wildman–Crippen MR) is 84.3 cm³/mol. The van der Waals surface area contributed by atoms with Gasteiger partial charge in [0.1, 0.15) is 17.8 Å². The van der Waals surface area contributed by atoms with Crippen LogP contribution in [-0.2, 0) is 9.59 Å². The van der Waals surface area contributed by atoms with Gasteiger partial charge in [0.2, 0.25) is 5.91 Å². The number of carboxylic acids is 1. The van der Waals surface area contributed by atoms with E-state index in [-0.39, 0.29) is 5.92 Å². The topological polar surface area (TPSA) is 105 Å². The van der Waals surface area contributed by atoms with Crippen LogP contribution in [0.25, 0.3) is 0 Å². The molecule has 0 spiro atoms. The second-order valence-electron chi connectivity index (χ2n) is 5.49. The van der Waals surface area contributed by atoms with Crippen LogP contribution in [0.1, 0.15) is 31.1 Å². The maximum absolute atomic E-state index is 12.2. The molecule has 0 aromatic heterocycles. The van der Waals surface area contributed by atoms with E-state index in [4.69, 9.17) is 9.84 Å². The summed E-state index contributed by atoms with van der Waals surface area (Å²) in [4.78, 5) is 35.2. The van der Waals surface area contributed by atoms with Gasteiger partial charge >= 0.3 is 5.97 Å². The lowest BCUT2D eigenvalue weighted by Crippen LogP contribution is -2.53. The summed E-state index contributed by atoms with van der Waals surface area (Å²) in [6.07, 6.45) is 0. The molecule has 0 fully saturated rings. The van der Waals surface area contributed by atoms with Crippen LogP contribution in [0.4, 0.5) is 0 Å². The van der Waals surface area contributed by atoms with Gasteiger partial charge in [-0.25, -0.2) is 0 Å². The third-order valence-corrected chi connectivity index (χ3v) is 3.32. The summed E-state index contributed by atoms with van der Waals surface area (Å²) in [7, 11) is 1.53. The van der Waals surface area contributed by atoms with Gasteiger partial charge in [0.15, 0.2) is 0 Å². The Balaban J connectivity index is 2.80. The van der Waals surface area contributed by atoms with Crippen molar-refractivity contribution in [1.29, 1.82) is 0 Å². The number of nitrogens with one attached hydrogen (secondary N) is 2. The van der Waals surface area contributed by atoms with Crippen LogP contribution in [0.5, 0.6) is 5.75 Å². The summed E-state index contributed by atoms with van der Waals surface area (Å²) in [6, 6.07) is 4.61. The predicted octanol–water partition coefficient (Wildman–Crippen LogP) is 1.04. The third kappa shape index (κ3) is 5.28. The van der Waals surface area contributed by atoms with Crippen molar-refractivity contribution in [3.8, 4) is 5.75 Å². The molecule has 0 radical (unpaired) electrons. The SMILES string of the molecule is COc1ccc(C(=O)NC(C(=O)NC(C)C(=O)O)C(C)C)cc1. The summed E-state index contributed by atoms with van der Waals surface area (Å²) in [6.45, 7) is 4.90. The van der Waals surface area contributed by atoms with Crippen molar-refractivity contribution in [2.45, 2.75) is 32.9 Å². The Hall–Kier alpha value is -2.57. The number of amides is 2. The number of methoxy groups -OCH3 is 1. The number of carbonyl (C=O) groups excluding carboxylic acids is 2. The highest BCUT2D eigenvalue weighted by Crippen LogP contribution is 2.12. The molecule has 0 saturated carbocycles. The van der Waals surface area contributed by atoms with Gasteiger partial charge in [0.25, 0.3) is 5.91 Å². The first-order valence-electron chi connectivity index (χ1n) is 7.24. The average molecular weight is 322 g/mol. The van der Waals surface area contributed by atoms with E-state index in [0.717, 1.165) is 0 Å². The molecule has 0 heterocycles. The van der Waals surface area contributed by atoms with Crippen molar-refractivity contribution >= 4 is 17.8 Å². The fourth-order valence-corrected chi connectivity index (χ4v) is 1.87. The molecule has 126 valence electrons. The number of aliphatic carboxylic acids is 1. The molecule has 1 rings (SSSR count). The lowest BCUT2D eigenvalue weighted by molar-refractivity contribution is -0.141. The monoisotopic (exact) mass is 322 g/mol. The number of hydrogen-bond donors (Lipinski definition) is 3. The maximum atomic E-state index is 12.2. The first-order valence-corrected chi connectivity index (χ1v) is 7.24. The summed E-state index contributed by atoms with van der Waals surface area (Å²) in [5.41, 5.74) is 0.385. The van der Waals surface area contributed by atoms with Gasteiger partial charge in [0, 0.05) is 5.56 Å². The second-order valence-corrected chi connectivity index (χ2v) is 5.49. The molecule has 2 unspecified atom stereocenters. The quantitative estimate of drug-likeness (QED) is 0.695. The largest absolute Gasteiger partial charge is 0.497 e. The van der Waals surface area contributed by atoms with E-state index in [1.54, 1.807) is 38.1 Å². The Morgan fingerprint density at radius 1 is 1.04 bits per heavy atom. The minimum atomic E-state index is -1.14. The fraction of sp³-hybridized carbons (Fsp3) is 0.438. The Morgan fingerprint density at radius 2 is 1.61 bits per heavy atom. The number of carbonyl (C=O) groups is 3. The number of benzene rings is 1. The summed E-state index contributed by atoms with van der Waals surface area (Å²) >= 11 is 0. The van der Waals surface area contributed by atoms with Crippen molar-refractivity contribution in [3.05, 3.63) is 29.8 Å². The second kappa shape index (κ2) is 8.17. The number of rotatable bonds is 7. The molecule has 7 heteroatoms. The van der Waals surface area contributed by atoms with Gasteiger partial charge < -0.3 is 20.5 Å². The normalized spacial score (nSPS) is 13.1. The van der Waals surface area contributed by atoms with E-state index in [0.29, 0.717) is 11.3 Å². The Morgan fingerprint density at radius 3 is 2.04 bits per heavy atom. The zero-order valence-corrected chi connectivity index (χ0v) is 13.6. The highest BCUT2D eigenvalue weighted by Gasteiger charge is 2.27. The first-order chi connectivity index (χ1) is 10.8. The van der Waals surface area contributed by atoms with Crippen molar-refractivity contribution in [2.75, 3.05) is 7.11 Å². The van der Waals surface area contributed by atoms with Crippen molar-refractivity contribution in [1.82, 2.24) is 10.6 Å². The zero-order chi connectivity index (χ0) is 17.6. The van der Waals surface area contributed by atoms with Gasteiger partial charge in [-0.1, -0.05) is 13.8 Å². The fourth-order valence-electron chi connectivity index (χ4n) is 1.87. The summed E-state index contributed by atoms with van der Waals surface area (Å²) in [5.74, 6) is -1.66. The van der Waals surface area contributed by atoms with Gasteiger partial charge in [-0.2, -0.15) is 0 Å². The van der Waals surface area contributed by atoms with Gasteiger partial charge in [-0.3, -0.25) is 14.4 Å². The van der Waals surface area contributed by atoms with Gasteiger partial charge in [-0.05, 0) is 37.1 Å². The Labute approximate surface area is 135 Å². The van der Waals surface area contributed by atoms with Crippen molar-refractivity contribution in [2.24, 2.45) is 5.92 Å². The standard InChI is InChI=1S/C16H22N2O5/c1-9(2)13(15(20)17-10(3)16(21)22)18-14(19)11-5-7-12(23-4)8-6-11/h5-10,13H,1-4H3,(H,17,20)(H,18,19)(H,21,22). The van der Waals surface area contributed by atoms with Gasteiger partial charge in [0.05, 0.1) is 7.11 Å². The molecular formula is C16H22N2O5. The summed E-state index contributed by atoms with van der Waals surface area (Å²) < 4.78 is 5.02. The van der Waals surface area contributed by atoms with Crippen LogP contribution in [0.3, 0.4) is 0 Å². The lowest BCUT2D eigenvalue weighted by atomic mass is 10.0. The van der Waals surface area contributed by atoms with Crippen LogP contribution in [-0.4, -0.2) is 42.1 Å². The van der Waals surface area contributed by atoms with E-state index in [1.807, 2.05) is 0 Å². The molecule has 3 N–H and O–H groups in total. The van der Waals surface area contributed by atoms with E-state index < -0.39 is 29.9 Å². The van der Waals surface area contributed by atoms with Gasteiger partial charge in [-0.15, -0.1) is 0 Å². The molecule has 1 aromatic carbocycles. The Bertz CT molecular complexity index is 568. The van der Waals surface area contributed by atoms with Crippen molar-refractivity contribution in [3.63, 3.8) is 0 Å². The Kier molecular flexibility index (Phi) is 6.56. The van der Waals surface area contributed by atoms with Crippen LogP contribution < -0.4 is 15.4 Å². The molecule has 7 nitrogen and oxygen atoms in total. The van der Waals surface area contributed by atoms with Crippen LogP contribution in [0.2, 0.25) is 0 Å². The number of hydrogen-bond acceptors (Lipinski definition) is 4. The maximum Gasteiger partial charge on any atom is 0.325 e.